The first-order valence-corrected chi connectivity index (χ1v) is 6.76. The summed E-state index contributed by atoms with van der Waals surface area (Å²) in [5.41, 5.74) is -0.941. The lowest BCUT2D eigenvalue weighted by atomic mass is 10.1. The van der Waals surface area contributed by atoms with Crippen LogP contribution in [0.2, 0.25) is 0 Å². The van der Waals surface area contributed by atoms with Crippen molar-refractivity contribution in [1.82, 2.24) is 14.5 Å². The minimum atomic E-state index is -1.02. The predicted octanol–water partition coefficient (Wildman–Crippen LogP) is -1.68. The van der Waals surface area contributed by atoms with Gasteiger partial charge in [0, 0.05) is 25.4 Å². The molecule has 0 saturated carbocycles. The van der Waals surface area contributed by atoms with E-state index in [0.717, 1.165) is 4.57 Å². The lowest BCUT2D eigenvalue weighted by Gasteiger charge is -2.34. The highest BCUT2D eigenvalue weighted by atomic mass is 16.5. The van der Waals surface area contributed by atoms with Gasteiger partial charge in [0.1, 0.15) is 0 Å². The number of nitrogens with one attached hydrogen (secondary N) is 1. The van der Waals surface area contributed by atoms with Gasteiger partial charge in [-0.25, -0.2) is 4.79 Å². The van der Waals surface area contributed by atoms with Gasteiger partial charge in [-0.1, -0.05) is 0 Å². The average molecular weight is 311 g/mol. The third-order valence-corrected chi connectivity index (χ3v) is 3.55. The quantitative estimate of drug-likeness (QED) is 0.685. The molecule has 1 aliphatic heterocycles. The molecule has 1 aliphatic rings. The van der Waals surface area contributed by atoms with E-state index in [9.17, 15) is 19.2 Å². The van der Waals surface area contributed by atoms with Crippen LogP contribution in [0.3, 0.4) is 0 Å². The van der Waals surface area contributed by atoms with Crippen LogP contribution in [0.5, 0.6) is 0 Å². The van der Waals surface area contributed by atoms with E-state index in [2.05, 4.69) is 4.98 Å². The Balaban J connectivity index is 2.17. The standard InChI is InChI=1S/C13H17N3O6/c1-15-12(20)8(6-14-13(15)21)4-10(17)16-2-3-22-7-9(16)5-11(18)19/h6,9H,2-5,7H2,1H3,(H,14,21)(H,18,19)/t9-/m1/s1. The zero-order valence-electron chi connectivity index (χ0n) is 12.1. The van der Waals surface area contributed by atoms with Crippen molar-refractivity contribution in [1.29, 1.82) is 0 Å². The monoisotopic (exact) mass is 311 g/mol. The molecule has 1 aromatic rings. The Bertz CT molecular complexity index is 692. The first-order valence-electron chi connectivity index (χ1n) is 6.76. The van der Waals surface area contributed by atoms with Gasteiger partial charge in [0.25, 0.3) is 5.56 Å². The number of carbonyl (C=O) groups excluding carboxylic acids is 1. The third kappa shape index (κ3) is 3.42. The van der Waals surface area contributed by atoms with Gasteiger partial charge in [0.15, 0.2) is 0 Å². The smallest absolute Gasteiger partial charge is 0.328 e. The van der Waals surface area contributed by atoms with Crippen molar-refractivity contribution in [2.45, 2.75) is 18.9 Å². The lowest BCUT2D eigenvalue weighted by molar-refractivity contribution is -0.145. The number of morpholine rings is 1. The van der Waals surface area contributed by atoms with Crippen LogP contribution in [0.25, 0.3) is 0 Å². The molecule has 22 heavy (non-hydrogen) atoms. The van der Waals surface area contributed by atoms with Crippen molar-refractivity contribution in [3.8, 4) is 0 Å². The Hall–Kier alpha value is -2.42. The fraction of sp³-hybridized carbons (Fsp3) is 0.538. The highest BCUT2D eigenvalue weighted by Crippen LogP contribution is 2.12. The van der Waals surface area contributed by atoms with E-state index in [1.807, 2.05) is 0 Å². The van der Waals surface area contributed by atoms with E-state index in [-0.39, 0.29) is 37.5 Å². The number of ether oxygens (including phenoxy) is 1. The minimum absolute atomic E-state index is 0.154. The maximum Gasteiger partial charge on any atom is 0.328 e. The molecule has 1 amide bonds. The molecular weight excluding hydrogens is 294 g/mol. The largest absolute Gasteiger partial charge is 0.481 e. The van der Waals surface area contributed by atoms with Crippen molar-refractivity contribution in [2.24, 2.45) is 7.05 Å². The van der Waals surface area contributed by atoms with Crippen molar-refractivity contribution in [2.75, 3.05) is 19.8 Å². The van der Waals surface area contributed by atoms with E-state index >= 15 is 0 Å². The molecule has 1 fully saturated rings. The second-order valence-electron chi connectivity index (χ2n) is 5.07. The van der Waals surface area contributed by atoms with Crippen molar-refractivity contribution < 1.29 is 19.4 Å². The Morgan fingerprint density at radius 2 is 2.18 bits per heavy atom. The first kappa shape index (κ1) is 16.0. The van der Waals surface area contributed by atoms with E-state index in [1.54, 1.807) is 0 Å². The highest BCUT2D eigenvalue weighted by molar-refractivity contribution is 5.80. The molecule has 0 unspecified atom stereocenters. The number of rotatable bonds is 4. The summed E-state index contributed by atoms with van der Waals surface area (Å²) in [7, 11) is 1.32. The topological polar surface area (TPSA) is 122 Å². The Morgan fingerprint density at radius 3 is 2.86 bits per heavy atom. The van der Waals surface area contributed by atoms with Crippen LogP contribution in [0.15, 0.2) is 15.8 Å². The Kier molecular flexibility index (Phi) is 4.76. The summed E-state index contributed by atoms with van der Waals surface area (Å²) in [6.45, 7) is 0.758. The molecule has 1 aromatic heterocycles. The summed E-state index contributed by atoms with van der Waals surface area (Å²) >= 11 is 0. The Morgan fingerprint density at radius 1 is 1.45 bits per heavy atom. The first-order chi connectivity index (χ1) is 10.4. The number of nitrogens with zero attached hydrogens (tertiary/aromatic N) is 2. The minimum Gasteiger partial charge on any atom is -0.481 e. The molecule has 120 valence electrons. The molecule has 0 spiro atoms. The molecule has 0 bridgehead atoms. The second kappa shape index (κ2) is 6.56. The summed E-state index contributed by atoms with van der Waals surface area (Å²) in [6.07, 6.45) is 0.810. The summed E-state index contributed by atoms with van der Waals surface area (Å²) in [5.74, 6) is -1.38. The average Bonchev–Trinajstić information content (AvgIpc) is 2.48. The normalized spacial score (nSPS) is 18.2. The number of hydrogen-bond acceptors (Lipinski definition) is 5. The van der Waals surface area contributed by atoms with Crippen molar-refractivity contribution in [3.05, 3.63) is 32.6 Å². The number of carbonyl (C=O) groups is 2. The van der Waals surface area contributed by atoms with Crippen LogP contribution >= 0.6 is 0 Å². The summed E-state index contributed by atoms with van der Waals surface area (Å²) in [4.78, 5) is 50.2. The van der Waals surface area contributed by atoms with Gasteiger partial charge < -0.3 is 19.7 Å². The van der Waals surface area contributed by atoms with Crippen LogP contribution in [0, 0.1) is 0 Å². The van der Waals surface area contributed by atoms with E-state index in [1.165, 1.54) is 18.1 Å². The number of carboxylic acid groups (broad SMARTS) is 1. The third-order valence-electron chi connectivity index (χ3n) is 3.55. The fourth-order valence-electron chi connectivity index (χ4n) is 2.36. The van der Waals surface area contributed by atoms with Crippen molar-refractivity contribution in [3.63, 3.8) is 0 Å². The molecule has 1 saturated heterocycles. The van der Waals surface area contributed by atoms with Gasteiger partial charge in [-0.2, -0.15) is 0 Å². The lowest BCUT2D eigenvalue weighted by Crippen LogP contribution is -2.50. The fourth-order valence-corrected chi connectivity index (χ4v) is 2.36. The Labute approximate surface area is 125 Å². The summed E-state index contributed by atoms with van der Waals surface area (Å²) < 4.78 is 6.09. The van der Waals surface area contributed by atoms with Gasteiger partial charge in [-0.15, -0.1) is 0 Å². The van der Waals surface area contributed by atoms with Crippen LogP contribution in [-0.4, -0.2) is 57.2 Å². The number of aromatic nitrogens is 2. The van der Waals surface area contributed by atoms with Gasteiger partial charge in [-0.05, 0) is 0 Å². The van der Waals surface area contributed by atoms with Crippen LogP contribution in [0.1, 0.15) is 12.0 Å². The van der Waals surface area contributed by atoms with Gasteiger partial charge in [0.2, 0.25) is 5.91 Å². The molecule has 9 heteroatoms. The molecular formula is C13H17N3O6. The SMILES string of the molecule is Cn1c(=O)[nH]cc(CC(=O)N2CCOC[C@H]2CC(=O)O)c1=O. The highest BCUT2D eigenvalue weighted by Gasteiger charge is 2.29. The maximum atomic E-state index is 12.3. The number of hydrogen-bond donors (Lipinski definition) is 2. The van der Waals surface area contributed by atoms with E-state index in [0.29, 0.717) is 6.61 Å². The molecule has 0 aliphatic carbocycles. The molecule has 2 N–H and O–H groups in total. The number of amides is 1. The molecule has 0 radical (unpaired) electrons. The summed E-state index contributed by atoms with van der Waals surface area (Å²) in [5, 5.41) is 8.88. The van der Waals surface area contributed by atoms with E-state index < -0.39 is 23.3 Å². The zero-order valence-corrected chi connectivity index (χ0v) is 12.1. The molecule has 2 rings (SSSR count). The van der Waals surface area contributed by atoms with Crippen LogP contribution in [0.4, 0.5) is 0 Å². The molecule has 9 nitrogen and oxygen atoms in total. The van der Waals surface area contributed by atoms with Gasteiger partial charge in [-0.3, -0.25) is 19.0 Å². The van der Waals surface area contributed by atoms with Gasteiger partial charge in [0.05, 0.1) is 32.1 Å². The zero-order chi connectivity index (χ0) is 16.3. The predicted molar refractivity (Wildman–Crippen MR) is 74.6 cm³/mol. The van der Waals surface area contributed by atoms with Gasteiger partial charge >= 0.3 is 11.7 Å². The van der Waals surface area contributed by atoms with Crippen LogP contribution < -0.4 is 11.2 Å². The molecule has 1 atom stereocenters. The van der Waals surface area contributed by atoms with Crippen LogP contribution in [-0.2, 0) is 27.8 Å². The second-order valence-corrected chi connectivity index (χ2v) is 5.07. The maximum absolute atomic E-state index is 12.3. The number of aromatic amines is 1. The van der Waals surface area contributed by atoms with E-state index in [4.69, 9.17) is 9.84 Å². The molecule has 0 aromatic carbocycles. The molecule has 2 heterocycles. The van der Waals surface area contributed by atoms with Crippen molar-refractivity contribution >= 4 is 11.9 Å². The summed E-state index contributed by atoms with van der Waals surface area (Å²) in [6, 6.07) is -0.551. The number of aliphatic carboxylic acids is 1. The number of H-pyrrole nitrogens is 1. The number of carboxylic acids is 1.